The van der Waals surface area contributed by atoms with Crippen molar-refractivity contribution < 1.29 is 0 Å². The SMILES string of the molecule is CCC(C)(C)C1CCC(CN)(N2CCCC(C)C2)CC1. The van der Waals surface area contributed by atoms with Crippen molar-refractivity contribution in [1.29, 1.82) is 0 Å². The van der Waals surface area contributed by atoms with E-state index in [2.05, 4.69) is 32.6 Å². The minimum absolute atomic E-state index is 0.328. The van der Waals surface area contributed by atoms with E-state index in [4.69, 9.17) is 5.73 Å². The predicted octanol–water partition coefficient (Wildman–Crippen LogP) is 4.04. The normalized spacial score (nSPS) is 37.0. The predicted molar refractivity (Wildman–Crippen MR) is 87.8 cm³/mol. The van der Waals surface area contributed by atoms with Crippen LogP contribution in [0.25, 0.3) is 0 Å². The zero-order valence-electron chi connectivity index (χ0n) is 14.3. The van der Waals surface area contributed by atoms with Crippen molar-refractivity contribution in [2.45, 2.75) is 78.2 Å². The molecule has 2 heteroatoms. The standard InChI is InChI=1S/C18H36N2/c1-5-17(3,4)16-8-10-18(14-19,11-9-16)20-12-6-7-15(2)13-20/h15-16H,5-14,19H2,1-4H3. The number of hydrogen-bond acceptors (Lipinski definition) is 2. The van der Waals surface area contributed by atoms with Crippen LogP contribution in [0.4, 0.5) is 0 Å². The first-order valence-corrected chi connectivity index (χ1v) is 8.88. The first-order chi connectivity index (χ1) is 9.43. The molecule has 2 fully saturated rings. The van der Waals surface area contributed by atoms with E-state index in [1.54, 1.807) is 0 Å². The zero-order valence-corrected chi connectivity index (χ0v) is 14.3. The van der Waals surface area contributed by atoms with Gasteiger partial charge in [-0.3, -0.25) is 4.90 Å². The molecule has 1 unspecified atom stereocenters. The van der Waals surface area contributed by atoms with Crippen LogP contribution in [0.1, 0.15) is 72.6 Å². The molecular formula is C18H36N2. The molecule has 0 aromatic carbocycles. The van der Waals surface area contributed by atoms with Crippen molar-refractivity contribution in [2.75, 3.05) is 19.6 Å². The number of nitrogens with two attached hydrogens (primary N) is 1. The first kappa shape index (κ1) is 16.3. The van der Waals surface area contributed by atoms with Crippen molar-refractivity contribution in [1.82, 2.24) is 4.90 Å². The summed E-state index contributed by atoms with van der Waals surface area (Å²) >= 11 is 0. The van der Waals surface area contributed by atoms with Crippen LogP contribution in [-0.2, 0) is 0 Å². The van der Waals surface area contributed by atoms with Gasteiger partial charge in [-0.1, -0.05) is 34.1 Å². The molecule has 0 radical (unpaired) electrons. The van der Waals surface area contributed by atoms with E-state index in [0.29, 0.717) is 11.0 Å². The van der Waals surface area contributed by atoms with Gasteiger partial charge in [0.1, 0.15) is 0 Å². The minimum Gasteiger partial charge on any atom is -0.329 e. The van der Waals surface area contributed by atoms with Gasteiger partial charge in [-0.25, -0.2) is 0 Å². The molecule has 2 N–H and O–H groups in total. The van der Waals surface area contributed by atoms with Gasteiger partial charge in [-0.05, 0) is 62.3 Å². The van der Waals surface area contributed by atoms with Crippen molar-refractivity contribution in [3.8, 4) is 0 Å². The van der Waals surface area contributed by atoms with Crippen LogP contribution in [0.2, 0.25) is 0 Å². The van der Waals surface area contributed by atoms with E-state index >= 15 is 0 Å². The van der Waals surface area contributed by atoms with Gasteiger partial charge in [0.05, 0.1) is 0 Å². The molecular weight excluding hydrogens is 244 g/mol. The Morgan fingerprint density at radius 3 is 2.35 bits per heavy atom. The van der Waals surface area contributed by atoms with E-state index in [1.165, 1.54) is 58.0 Å². The molecule has 1 saturated heterocycles. The van der Waals surface area contributed by atoms with E-state index in [9.17, 15) is 0 Å². The molecule has 1 heterocycles. The van der Waals surface area contributed by atoms with Crippen LogP contribution in [-0.4, -0.2) is 30.1 Å². The lowest BCUT2D eigenvalue weighted by molar-refractivity contribution is -0.00552. The summed E-state index contributed by atoms with van der Waals surface area (Å²) in [5.74, 6) is 1.76. The molecule has 0 aromatic heterocycles. The van der Waals surface area contributed by atoms with Crippen molar-refractivity contribution in [3.63, 3.8) is 0 Å². The number of hydrogen-bond donors (Lipinski definition) is 1. The molecule has 1 aliphatic carbocycles. The van der Waals surface area contributed by atoms with E-state index in [-0.39, 0.29) is 0 Å². The van der Waals surface area contributed by atoms with Gasteiger partial charge in [-0.2, -0.15) is 0 Å². The lowest BCUT2D eigenvalue weighted by atomic mass is 9.65. The van der Waals surface area contributed by atoms with Crippen LogP contribution in [0.3, 0.4) is 0 Å². The highest BCUT2D eigenvalue weighted by Crippen LogP contribution is 2.45. The molecule has 1 aliphatic heterocycles. The van der Waals surface area contributed by atoms with Gasteiger partial charge < -0.3 is 5.73 Å². The molecule has 0 bridgehead atoms. The van der Waals surface area contributed by atoms with Crippen molar-refractivity contribution >= 4 is 0 Å². The Morgan fingerprint density at radius 1 is 1.20 bits per heavy atom. The summed E-state index contributed by atoms with van der Waals surface area (Å²) < 4.78 is 0. The van der Waals surface area contributed by atoms with Crippen LogP contribution in [0.5, 0.6) is 0 Å². The molecule has 1 atom stereocenters. The molecule has 2 nitrogen and oxygen atoms in total. The Morgan fingerprint density at radius 2 is 1.85 bits per heavy atom. The van der Waals surface area contributed by atoms with Crippen molar-refractivity contribution in [3.05, 3.63) is 0 Å². The lowest BCUT2D eigenvalue weighted by Crippen LogP contribution is -2.58. The summed E-state index contributed by atoms with van der Waals surface area (Å²) in [4.78, 5) is 2.76. The summed E-state index contributed by atoms with van der Waals surface area (Å²) in [6, 6.07) is 0. The van der Waals surface area contributed by atoms with Gasteiger partial charge in [0.15, 0.2) is 0 Å². The molecule has 118 valence electrons. The third-order valence-electron chi connectivity index (χ3n) is 6.64. The maximum Gasteiger partial charge on any atom is 0.0332 e. The highest BCUT2D eigenvalue weighted by molar-refractivity contribution is 4.99. The van der Waals surface area contributed by atoms with Crippen LogP contribution in [0.15, 0.2) is 0 Å². The molecule has 20 heavy (non-hydrogen) atoms. The Balaban J connectivity index is 2.01. The monoisotopic (exact) mass is 280 g/mol. The number of likely N-dealkylation sites (tertiary alicyclic amines) is 1. The Kier molecular flexibility index (Phi) is 5.18. The summed E-state index contributed by atoms with van der Waals surface area (Å²) in [6.07, 6.45) is 9.48. The lowest BCUT2D eigenvalue weighted by Gasteiger charge is -2.52. The summed E-state index contributed by atoms with van der Waals surface area (Å²) in [7, 11) is 0. The topological polar surface area (TPSA) is 29.3 Å². The maximum absolute atomic E-state index is 6.26. The summed E-state index contributed by atoms with van der Waals surface area (Å²) in [5, 5.41) is 0. The molecule has 1 saturated carbocycles. The Hall–Kier alpha value is -0.0800. The van der Waals surface area contributed by atoms with Gasteiger partial charge in [0.25, 0.3) is 0 Å². The second kappa shape index (κ2) is 6.36. The summed E-state index contributed by atoms with van der Waals surface area (Å²) in [6.45, 7) is 13.1. The minimum atomic E-state index is 0.328. The third kappa shape index (κ3) is 3.22. The highest BCUT2D eigenvalue weighted by Gasteiger charge is 2.43. The van der Waals surface area contributed by atoms with Gasteiger partial charge >= 0.3 is 0 Å². The van der Waals surface area contributed by atoms with Gasteiger partial charge in [-0.15, -0.1) is 0 Å². The van der Waals surface area contributed by atoms with Crippen LogP contribution >= 0.6 is 0 Å². The highest BCUT2D eigenvalue weighted by atomic mass is 15.2. The fourth-order valence-corrected chi connectivity index (χ4v) is 4.49. The van der Waals surface area contributed by atoms with E-state index in [0.717, 1.165) is 18.4 Å². The zero-order chi connectivity index (χ0) is 14.8. The van der Waals surface area contributed by atoms with E-state index in [1.807, 2.05) is 0 Å². The molecule has 2 rings (SSSR count). The quantitative estimate of drug-likeness (QED) is 0.842. The largest absolute Gasteiger partial charge is 0.329 e. The first-order valence-electron chi connectivity index (χ1n) is 8.88. The smallest absolute Gasteiger partial charge is 0.0332 e. The third-order valence-corrected chi connectivity index (χ3v) is 6.64. The molecule has 0 aromatic rings. The van der Waals surface area contributed by atoms with Gasteiger partial charge in [0, 0.05) is 18.6 Å². The maximum atomic E-state index is 6.26. The van der Waals surface area contributed by atoms with E-state index < -0.39 is 0 Å². The molecule has 0 amide bonds. The fourth-order valence-electron chi connectivity index (χ4n) is 4.49. The number of nitrogens with zero attached hydrogens (tertiary/aromatic N) is 1. The average Bonchev–Trinajstić information content (AvgIpc) is 2.47. The Bertz CT molecular complexity index is 303. The number of rotatable bonds is 4. The summed E-state index contributed by atoms with van der Waals surface area (Å²) in [5.41, 5.74) is 7.10. The average molecular weight is 280 g/mol. The van der Waals surface area contributed by atoms with Gasteiger partial charge in [0.2, 0.25) is 0 Å². The molecule has 0 spiro atoms. The Labute approximate surface area is 126 Å². The number of piperidine rings is 1. The van der Waals surface area contributed by atoms with Crippen LogP contribution in [0, 0.1) is 17.3 Å². The fraction of sp³-hybridized carbons (Fsp3) is 1.00. The molecule has 2 aliphatic rings. The van der Waals surface area contributed by atoms with Crippen LogP contribution < -0.4 is 5.73 Å². The second-order valence-corrected chi connectivity index (χ2v) is 8.24. The van der Waals surface area contributed by atoms with Crippen molar-refractivity contribution in [2.24, 2.45) is 23.0 Å². The second-order valence-electron chi connectivity index (χ2n) is 8.24.